The normalized spacial score (nSPS) is 10.9. The van der Waals surface area contributed by atoms with Gasteiger partial charge in [0.2, 0.25) is 0 Å². The van der Waals surface area contributed by atoms with Gasteiger partial charge in [-0.15, -0.1) is 0 Å². The van der Waals surface area contributed by atoms with Crippen molar-refractivity contribution >= 4 is 37.6 Å². The third kappa shape index (κ3) is 4.43. The standard InChI is InChI=1S/C16H16BrNO6S/c1-22-12-7-11(8-13(9-12)23-2)18-25(20,21)15-5-4-10(17)6-14(15)16(19)24-3/h4-9,18H,1-3H3. The number of sulfonamides is 1. The van der Waals surface area contributed by atoms with Crippen LogP contribution >= 0.6 is 15.9 Å². The Kier molecular flexibility index (Phi) is 5.91. The molecule has 0 amide bonds. The number of hydrogen-bond donors (Lipinski definition) is 1. The fraction of sp³-hybridized carbons (Fsp3) is 0.188. The summed E-state index contributed by atoms with van der Waals surface area (Å²) in [5, 5.41) is 0. The van der Waals surface area contributed by atoms with Crippen LogP contribution in [0.4, 0.5) is 5.69 Å². The van der Waals surface area contributed by atoms with Gasteiger partial charge in [-0.25, -0.2) is 13.2 Å². The molecule has 2 aromatic rings. The average molecular weight is 430 g/mol. The molecule has 0 spiro atoms. The third-order valence-corrected chi connectivity index (χ3v) is 5.17. The first-order valence-corrected chi connectivity index (χ1v) is 9.22. The molecule has 0 heterocycles. The first-order chi connectivity index (χ1) is 11.8. The Labute approximate surface area is 154 Å². The predicted molar refractivity (Wildman–Crippen MR) is 95.8 cm³/mol. The summed E-state index contributed by atoms with van der Waals surface area (Å²) in [6.07, 6.45) is 0. The molecule has 7 nitrogen and oxygen atoms in total. The molecule has 2 aromatic carbocycles. The molecule has 0 saturated carbocycles. The SMILES string of the molecule is COC(=O)c1cc(Br)ccc1S(=O)(=O)Nc1cc(OC)cc(OC)c1. The monoisotopic (exact) mass is 429 g/mol. The third-order valence-electron chi connectivity index (χ3n) is 3.24. The summed E-state index contributed by atoms with van der Waals surface area (Å²) in [4.78, 5) is 11.7. The molecule has 0 saturated heterocycles. The van der Waals surface area contributed by atoms with Crippen molar-refractivity contribution in [3.8, 4) is 11.5 Å². The minimum Gasteiger partial charge on any atom is -0.497 e. The van der Waals surface area contributed by atoms with E-state index in [9.17, 15) is 13.2 Å². The number of rotatable bonds is 6. The molecule has 1 N–H and O–H groups in total. The maximum atomic E-state index is 12.7. The Bertz CT molecular complexity index is 875. The lowest BCUT2D eigenvalue weighted by Gasteiger charge is -2.13. The van der Waals surface area contributed by atoms with Crippen molar-refractivity contribution < 1.29 is 27.4 Å². The molecule has 0 radical (unpaired) electrons. The fourth-order valence-electron chi connectivity index (χ4n) is 2.08. The van der Waals surface area contributed by atoms with Gasteiger partial charge in [-0.3, -0.25) is 4.72 Å². The van der Waals surface area contributed by atoms with E-state index >= 15 is 0 Å². The van der Waals surface area contributed by atoms with Crippen LogP contribution in [-0.2, 0) is 14.8 Å². The van der Waals surface area contributed by atoms with E-state index in [4.69, 9.17) is 9.47 Å². The molecular weight excluding hydrogens is 414 g/mol. The van der Waals surface area contributed by atoms with E-state index in [0.717, 1.165) is 0 Å². The highest BCUT2D eigenvalue weighted by molar-refractivity contribution is 9.10. The molecule has 2 rings (SSSR count). The van der Waals surface area contributed by atoms with Crippen molar-refractivity contribution in [2.75, 3.05) is 26.1 Å². The van der Waals surface area contributed by atoms with Gasteiger partial charge < -0.3 is 14.2 Å². The van der Waals surface area contributed by atoms with Gasteiger partial charge in [0.05, 0.1) is 32.6 Å². The van der Waals surface area contributed by atoms with Crippen LogP contribution in [0.2, 0.25) is 0 Å². The number of carbonyl (C=O) groups is 1. The van der Waals surface area contributed by atoms with Gasteiger partial charge in [0, 0.05) is 22.7 Å². The van der Waals surface area contributed by atoms with Crippen LogP contribution in [0.25, 0.3) is 0 Å². The number of methoxy groups -OCH3 is 3. The summed E-state index contributed by atoms with van der Waals surface area (Å²) in [6, 6.07) is 8.82. The van der Waals surface area contributed by atoms with Gasteiger partial charge in [0.1, 0.15) is 16.4 Å². The summed E-state index contributed by atoms with van der Waals surface area (Å²) in [6.45, 7) is 0. The Balaban J connectivity index is 2.49. The quantitative estimate of drug-likeness (QED) is 0.709. The highest BCUT2D eigenvalue weighted by Gasteiger charge is 2.24. The molecule has 25 heavy (non-hydrogen) atoms. The lowest BCUT2D eigenvalue weighted by Crippen LogP contribution is -2.17. The van der Waals surface area contributed by atoms with Crippen LogP contribution in [0.5, 0.6) is 11.5 Å². The molecule has 0 aliphatic carbocycles. The van der Waals surface area contributed by atoms with E-state index < -0.39 is 16.0 Å². The Hall–Kier alpha value is -2.26. The Morgan fingerprint density at radius 2 is 1.60 bits per heavy atom. The van der Waals surface area contributed by atoms with Crippen LogP contribution in [-0.4, -0.2) is 35.7 Å². The second kappa shape index (κ2) is 7.75. The van der Waals surface area contributed by atoms with Crippen LogP contribution in [0.3, 0.4) is 0 Å². The largest absolute Gasteiger partial charge is 0.497 e. The van der Waals surface area contributed by atoms with Crippen molar-refractivity contribution in [1.82, 2.24) is 0 Å². The molecule has 0 unspecified atom stereocenters. The average Bonchev–Trinajstić information content (AvgIpc) is 2.59. The maximum Gasteiger partial charge on any atom is 0.339 e. The second-order valence-electron chi connectivity index (χ2n) is 4.84. The summed E-state index contributed by atoms with van der Waals surface area (Å²) in [7, 11) is 0.0429. The van der Waals surface area contributed by atoms with Gasteiger partial charge in [0.15, 0.2) is 0 Å². The van der Waals surface area contributed by atoms with E-state index in [-0.39, 0.29) is 16.1 Å². The predicted octanol–water partition coefficient (Wildman–Crippen LogP) is 3.05. The molecule has 134 valence electrons. The highest BCUT2D eigenvalue weighted by Crippen LogP contribution is 2.29. The molecule has 0 atom stereocenters. The van der Waals surface area contributed by atoms with E-state index in [1.54, 1.807) is 6.07 Å². The number of hydrogen-bond acceptors (Lipinski definition) is 6. The summed E-state index contributed by atoms with van der Waals surface area (Å²) in [5.41, 5.74) is 0.147. The summed E-state index contributed by atoms with van der Waals surface area (Å²) in [5.74, 6) is 0.0759. The van der Waals surface area contributed by atoms with Crippen LogP contribution in [0.1, 0.15) is 10.4 Å². The van der Waals surface area contributed by atoms with Crippen molar-refractivity contribution in [2.24, 2.45) is 0 Å². The lowest BCUT2D eigenvalue weighted by atomic mass is 10.2. The minimum atomic E-state index is -4.05. The Morgan fingerprint density at radius 1 is 1.00 bits per heavy atom. The second-order valence-corrected chi connectivity index (χ2v) is 7.41. The first-order valence-electron chi connectivity index (χ1n) is 6.94. The van der Waals surface area contributed by atoms with Crippen molar-refractivity contribution in [2.45, 2.75) is 4.90 Å². The number of carbonyl (C=O) groups excluding carboxylic acids is 1. The number of nitrogens with one attached hydrogen (secondary N) is 1. The molecule has 0 fully saturated rings. The molecule has 0 aliphatic heterocycles. The molecule has 9 heteroatoms. The number of esters is 1. The topological polar surface area (TPSA) is 90.9 Å². The van der Waals surface area contributed by atoms with Gasteiger partial charge in [0.25, 0.3) is 10.0 Å². The molecular formula is C16H16BrNO6S. The zero-order valence-corrected chi connectivity index (χ0v) is 16.1. The van der Waals surface area contributed by atoms with E-state index in [0.29, 0.717) is 16.0 Å². The lowest BCUT2D eigenvalue weighted by molar-refractivity contribution is 0.0596. The van der Waals surface area contributed by atoms with Crippen molar-refractivity contribution in [3.63, 3.8) is 0 Å². The smallest absolute Gasteiger partial charge is 0.339 e. The fourth-order valence-corrected chi connectivity index (χ4v) is 3.66. The highest BCUT2D eigenvalue weighted by atomic mass is 79.9. The van der Waals surface area contributed by atoms with Crippen LogP contribution in [0, 0.1) is 0 Å². The molecule has 0 aliphatic rings. The minimum absolute atomic E-state index is 0.0840. The van der Waals surface area contributed by atoms with Crippen molar-refractivity contribution in [1.29, 1.82) is 0 Å². The van der Waals surface area contributed by atoms with Gasteiger partial charge >= 0.3 is 5.97 Å². The number of benzene rings is 2. The van der Waals surface area contributed by atoms with E-state index in [2.05, 4.69) is 25.4 Å². The summed E-state index contributed by atoms with van der Waals surface area (Å²) >= 11 is 3.21. The van der Waals surface area contributed by atoms with Gasteiger partial charge in [-0.05, 0) is 18.2 Å². The summed E-state index contributed by atoms with van der Waals surface area (Å²) < 4.78 is 43.3. The molecule has 0 aromatic heterocycles. The van der Waals surface area contributed by atoms with Gasteiger partial charge in [-0.1, -0.05) is 15.9 Å². The first kappa shape index (κ1) is 19.1. The van der Waals surface area contributed by atoms with Crippen LogP contribution < -0.4 is 14.2 Å². The number of anilines is 1. The maximum absolute atomic E-state index is 12.7. The van der Waals surface area contributed by atoms with Crippen molar-refractivity contribution in [3.05, 3.63) is 46.4 Å². The van der Waals surface area contributed by atoms with Crippen LogP contribution in [0.15, 0.2) is 45.8 Å². The van der Waals surface area contributed by atoms with E-state index in [1.165, 1.54) is 51.7 Å². The Morgan fingerprint density at radius 3 is 2.12 bits per heavy atom. The number of halogens is 1. The van der Waals surface area contributed by atoms with Gasteiger partial charge in [-0.2, -0.15) is 0 Å². The zero-order chi connectivity index (χ0) is 18.6. The van der Waals surface area contributed by atoms with E-state index in [1.807, 2.05) is 0 Å². The molecule has 0 bridgehead atoms. The zero-order valence-electron chi connectivity index (χ0n) is 13.7. The number of ether oxygens (including phenoxy) is 3.